The minimum Gasteiger partial charge on any atom is -0.478 e. The van der Waals surface area contributed by atoms with Crippen molar-refractivity contribution in [2.24, 2.45) is 0 Å². The van der Waals surface area contributed by atoms with Crippen molar-refractivity contribution in [1.82, 2.24) is 4.72 Å². The maximum Gasteiger partial charge on any atom is 0.337 e. The van der Waals surface area contributed by atoms with Gasteiger partial charge in [-0.1, -0.05) is 26.2 Å². The van der Waals surface area contributed by atoms with E-state index in [1.54, 1.807) is 13.0 Å². The second-order valence-corrected chi connectivity index (χ2v) is 8.14. The smallest absolute Gasteiger partial charge is 0.337 e. The molecule has 0 saturated heterocycles. The van der Waals surface area contributed by atoms with Crippen LogP contribution in [0.25, 0.3) is 0 Å². The lowest BCUT2D eigenvalue weighted by Crippen LogP contribution is -2.32. The van der Waals surface area contributed by atoms with E-state index in [0.29, 0.717) is 12.1 Å². The van der Waals surface area contributed by atoms with Gasteiger partial charge in [-0.15, -0.1) is 0 Å². The molecule has 1 aliphatic rings. The first-order valence-corrected chi connectivity index (χ1v) is 9.98. The zero-order valence-electron chi connectivity index (χ0n) is 14.2. The molecule has 0 radical (unpaired) electrons. The number of carbonyl (C=O) groups is 1. The highest BCUT2D eigenvalue weighted by molar-refractivity contribution is 7.89. The molecule has 0 bridgehead atoms. The molecule has 3 N–H and O–H groups in total. The van der Waals surface area contributed by atoms with Crippen LogP contribution in [0.5, 0.6) is 0 Å². The Hall–Kier alpha value is -1.60. The molecule has 0 aliphatic heterocycles. The van der Waals surface area contributed by atoms with Crippen molar-refractivity contribution in [1.29, 1.82) is 0 Å². The quantitative estimate of drug-likeness (QED) is 0.699. The molecule has 1 fully saturated rings. The van der Waals surface area contributed by atoms with Gasteiger partial charge in [-0.3, -0.25) is 0 Å². The van der Waals surface area contributed by atoms with Gasteiger partial charge in [-0.2, -0.15) is 0 Å². The molecule has 0 heterocycles. The molecule has 0 amide bonds. The summed E-state index contributed by atoms with van der Waals surface area (Å²) in [6.07, 6.45) is 6.15. The fraction of sp³-hybridized carbons (Fsp3) is 0.588. The van der Waals surface area contributed by atoms with Crippen LogP contribution in [0.1, 0.15) is 62.7 Å². The third kappa shape index (κ3) is 4.70. The molecule has 1 atom stereocenters. The SMILES string of the molecule is CC[C@@H](C)NS(=O)(=O)c1ccc(NC2CCCCC2)c(C(=O)O)c1. The van der Waals surface area contributed by atoms with Gasteiger partial charge in [0, 0.05) is 17.8 Å². The summed E-state index contributed by atoms with van der Waals surface area (Å²) in [7, 11) is -3.72. The van der Waals surface area contributed by atoms with Crippen LogP contribution in [-0.2, 0) is 10.0 Å². The number of anilines is 1. The van der Waals surface area contributed by atoms with Crippen LogP contribution in [-0.4, -0.2) is 31.6 Å². The number of benzene rings is 1. The summed E-state index contributed by atoms with van der Waals surface area (Å²) in [6.45, 7) is 3.65. The van der Waals surface area contributed by atoms with Gasteiger partial charge in [0.25, 0.3) is 0 Å². The average Bonchev–Trinajstić information content (AvgIpc) is 2.55. The monoisotopic (exact) mass is 354 g/mol. The van der Waals surface area contributed by atoms with Crippen LogP contribution in [0.4, 0.5) is 5.69 Å². The molecule has 134 valence electrons. The zero-order chi connectivity index (χ0) is 17.7. The standard InChI is InChI=1S/C17H26N2O4S/c1-3-12(2)19-24(22,23)14-9-10-16(15(11-14)17(20)21)18-13-7-5-4-6-8-13/h9-13,18-19H,3-8H2,1-2H3,(H,20,21)/t12-/m1/s1. The lowest BCUT2D eigenvalue weighted by molar-refractivity contribution is 0.0697. The van der Waals surface area contributed by atoms with E-state index in [-0.39, 0.29) is 22.5 Å². The summed E-state index contributed by atoms with van der Waals surface area (Å²) in [5, 5.41) is 12.7. The van der Waals surface area contributed by atoms with Gasteiger partial charge in [0.1, 0.15) is 0 Å². The van der Waals surface area contributed by atoms with E-state index in [1.165, 1.54) is 18.6 Å². The minimum atomic E-state index is -3.72. The van der Waals surface area contributed by atoms with Gasteiger partial charge in [0.05, 0.1) is 10.5 Å². The molecular formula is C17H26N2O4S. The Bertz CT molecular complexity index is 682. The first-order chi connectivity index (χ1) is 11.3. The highest BCUT2D eigenvalue weighted by Gasteiger charge is 2.22. The van der Waals surface area contributed by atoms with Crippen LogP contribution < -0.4 is 10.0 Å². The summed E-state index contributed by atoms with van der Waals surface area (Å²) >= 11 is 0. The molecule has 0 aromatic heterocycles. The Morgan fingerprint density at radius 1 is 1.29 bits per heavy atom. The molecule has 7 heteroatoms. The summed E-state index contributed by atoms with van der Waals surface area (Å²) in [6, 6.07) is 4.30. The Morgan fingerprint density at radius 3 is 2.54 bits per heavy atom. The van der Waals surface area contributed by atoms with Crippen molar-refractivity contribution < 1.29 is 18.3 Å². The van der Waals surface area contributed by atoms with Gasteiger partial charge < -0.3 is 10.4 Å². The number of carboxylic acids is 1. The number of nitrogens with one attached hydrogen (secondary N) is 2. The Labute approximate surface area is 143 Å². The molecular weight excluding hydrogens is 328 g/mol. The van der Waals surface area contributed by atoms with E-state index in [0.717, 1.165) is 25.7 Å². The van der Waals surface area contributed by atoms with Crippen LogP contribution in [0, 0.1) is 0 Å². The largest absolute Gasteiger partial charge is 0.478 e. The van der Waals surface area contributed by atoms with Crippen molar-refractivity contribution in [2.75, 3.05) is 5.32 Å². The molecule has 2 rings (SSSR count). The van der Waals surface area contributed by atoms with E-state index in [2.05, 4.69) is 10.0 Å². The highest BCUT2D eigenvalue weighted by atomic mass is 32.2. The Kier molecular flexibility index (Phi) is 6.23. The second-order valence-electron chi connectivity index (χ2n) is 6.42. The molecule has 24 heavy (non-hydrogen) atoms. The number of carboxylic acid groups (broad SMARTS) is 1. The lowest BCUT2D eigenvalue weighted by Gasteiger charge is -2.25. The maximum absolute atomic E-state index is 12.4. The Morgan fingerprint density at radius 2 is 1.96 bits per heavy atom. The van der Waals surface area contributed by atoms with Crippen molar-refractivity contribution in [3.8, 4) is 0 Å². The fourth-order valence-electron chi connectivity index (χ4n) is 2.88. The van der Waals surface area contributed by atoms with Crippen molar-refractivity contribution in [3.63, 3.8) is 0 Å². The summed E-state index contributed by atoms with van der Waals surface area (Å²) in [5.41, 5.74) is 0.476. The van der Waals surface area contributed by atoms with E-state index in [1.807, 2.05) is 6.92 Å². The first-order valence-electron chi connectivity index (χ1n) is 8.49. The molecule has 1 aromatic rings. The van der Waals surface area contributed by atoms with Crippen LogP contribution in [0.15, 0.2) is 23.1 Å². The molecule has 0 unspecified atom stereocenters. The zero-order valence-corrected chi connectivity index (χ0v) is 15.0. The lowest BCUT2D eigenvalue weighted by atomic mass is 9.95. The third-order valence-corrected chi connectivity index (χ3v) is 6.05. The van der Waals surface area contributed by atoms with Gasteiger partial charge >= 0.3 is 5.97 Å². The van der Waals surface area contributed by atoms with Gasteiger partial charge in [-0.05, 0) is 44.4 Å². The van der Waals surface area contributed by atoms with Gasteiger partial charge in [0.2, 0.25) is 10.0 Å². The average molecular weight is 354 g/mol. The Balaban J connectivity index is 2.27. The second kappa shape index (κ2) is 7.98. The third-order valence-electron chi connectivity index (χ3n) is 4.47. The normalized spacial score (nSPS) is 17.4. The highest BCUT2D eigenvalue weighted by Crippen LogP contribution is 2.26. The molecule has 6 nitrogen and oxygen atoms in total. The van der Waals surface area contributed by atoms with E-state index < -0.39 is 16.0 Å². The van der Waals surface area contributed by atoms with Crippen LogP contribution in [0.2, 0.25) is 0 Å². The van der Waals surface area contributed by atoms with Crippen molar-refractivity contribution in [2.45, 2.75) is 69.4 Å². The summed E-state index contributed by atoms with van der Waals surface area (Å²) < 4.78 is 27.3. The van der Waals surface area contributed by atoms with Gasteiger partial charge in [0.15, 0.2) is 0 Å². The molecule has 1 saturated carbocycles. The fourth-order valence-corrected chi connectivity index (χ4v) is 4.23. The number of hydrogen-bond donors (Lipinski definition) is 3. The molecule has 1 aliphatic carbocycles. The van der Waals surface area contributed by atoms with E-state index in [4.69, 9.17) is 0 Å². The number of hydrogen-bond acceptors (Lipinski definition) is 4. The molecule has 0 spiro atoms. The number of sulfonamides is 1. The van der Waals surface area contributed by atoms with Crippen molar-refractivity contribution >= 4 is 21.7 Å². The van der Waals surface area contributed by atoms with Gasteiger partial charge in [-0.25, -0.2) is 17.9 Å². The predicted octanol–water partition coefficient (Wildman–Crippen LogP) is 3.21. The predicted molar refractivity (Wildman–Crippen MR) is 94.0 cm³/mol. The topological polar surface area (TPSA) is 95.5 Å². The minimum absolute atomic E-state index is 0.00685. The van der Waals surface area contributed by atoms with Crippen molar-refractivity contribution in [3.05, 3.63) is 23.8 Å². The maximum atomic E-state index is 12.4. The number of rotatable bonds is 7. The van der Waals surface area contributed by atoms with Crippen LogP contribution in [0.3, 0.4) is 0 Å². The van der Waals surface area contributed by atoms with E-state index >= 15 is 0 Å². The first kappa shape index (κ1) is 18.7. The van der Waals surface area contributed by atoms with E-state index in [9.17, 15) is 18.3 Å². The summed E-state index contributed by atoms with van der Waals surface area (Å²) in [5.74, 6) is -1.13. The molecule has 1 aromatic carbocycles. The van der Waals surface area contributed by atoms with Crippen LogP contribution >= 0.6 is 0 Å². The number of aromatic carboxylic acids is 1. The summed E-state index contributed by atoms with van der Waals surface area (Å²) in [4.78, 5) is 11.5.